The first kappa shape index (κ1) is 22.7. The molecule has 0 bridgehead atoms. The molecule has 176 valence electrons. The van der Waals surface area contributed by atoms with Gasteiger partial charge in [-0.1, -0.05) is 17.7 Å². The summed E-state index contributed by atoms with van der Waals surface area (Å²) >= 11 is 6.19. The number of hydrogen-bond acceptors (Lipinski definition) is 6. The van der Waals surface area contributed by atoms with Crippen LogP contribution < -0.4 is 9.46 Å². The molecule has 12 heteroatoms. The summed E-state index contributed by atoms with van der Waals surface area (Å²) in [5, 5.41) is 0.395. The fraction of sp³-hybridized carbons (Fsp3) is 0. The fourth-order valence-corrected chi connectivity index (χ4v) is 4.60. The highest BCUT2D eigenvalue weighted by atomic mass is 35.5. The van der Waals surface area contributed by atoms with E-state index in [-0.39, 0.29) is 11.7 Å². The molecule has 0 radical (unpaired) electrons. The minimum absolute atomic E-state index is 0.167. The zero-order valence-corrected chi connectivity index (χ0v) is 19.1. The minimum atomic E-state index is -4.50. The predicted molar refractivity (Wildman–Crippen MR) is 125 cm³/mol. The standard InChI is InChI=1S/C23H14ClF2N5O3S/c24-14-5-6-19(15(11-14)18-3-1-4-22-27-9-10-31(18)22)34-20-12-17(26)21(13-16(20)25)35(32,33)30-23-28-7-2-8-29-23/h1-13H,(H,28,29,30). The van der Waals surface area contributed by atoms with Crippen molar-refractivity contribution < 1.29 is 21.9 Å². The molecule has 0 saturated heterocycles. The van der Waals surface area contributed by atoms with Crippen LogP contribution in [0.25, 0.3) is 16.9 Å². The van der Waals surface area contributed by atoms with Gasteiger partial charge in [-0.2, -0.15) is 0 Å². The summed E-state index contributed by atoms with van der Waals surface area (Å²) in [6.07, 6.45) is 5.95. The van der Waals surface area contributed by atoms with Crippen LogP contribution in [0.2, 0.25) is 5.02 Å². The van der Waals surface area contributed by atoms with Gasteiger partial charge in [0.2, 0.25) is 5.95 Å². The predicted octanol–water partition coefficient (Wildman–Crippen LogP) is 5.32. The lowest BCUT2D eigenvalue weighted by molar-refractivity contribution is 0.433. The van der Waals surface area contributed by atoms with Crippen LogP contribution in [0, 0.1) is 11.6 Å². The zero-order valence-electron chi connectivity index (χ0n) is 17.6. The van der Waals surface area contributed by atoms with E-state index >= 15 is 0 Å². The molecule has 35 heavy (non-hydrogen) atoms. The lowest BCUT2D eigenvalue weighted by atomic mass is 10.1. The third kappa shape index (κ3) is 4.51. The van der Waals surface area contributed by atoms with E-state index in [4.69, 9.17) is 16.3 Å². The van der Waals surface area contributed by atoms with Crippen LogP contribution in [0.5, 0.6) is 11.5 Å². The average Bonchev–Trinajstić information content (AvgIpc) is 3.32. The Morgan fingerprint density at radius 1 is 0.886 bits per heavy atom. The third-order valence-electron chi connectivity index (χ3n) is 4.93. The number of anilines is 1. The third-order valence-corrected chi connectivity index (χ3v) is 6.51. The van der Waals surface area contributed by atoms with Gasteiger partial charge in [-0.05, 0) is 36.4 Å². The SMILES string of the molecule is O=S(=O)(Nc1ncccn1)c1cc(F)c(Oc2ccc(Cl)cc2-c2cccc3nccn23)cc1F. The molecule has 0 amide bonds. The second-order valence-corrected chi connectivity index (χ2v) is 9.29. The molecular weight excluding hydrogens is 500 g/mol. The van der Waals surface area contributed by atoms with Crippen molar-refractivity contribution in [2.24, 2.45) is 0 Å². The van der Waals surface area contributed by atoms with Crippen molar-refractivity contribution in [3.63, 3.8) is 0 Å². The normalized spacial score (nSPS) is 11.5. The Labute approximate surface area is 202 Å². The first-order chi connectivity index (χ1) is 16.8. The number of hydrogen-bond donors (Lipinski definition) is 1. The van der Waals surface area contributed by atoms with Gasteiger partial charge in [0, 0.05) is 47.5 Å². The molecule has 8 nitrogen and oxygen atoms in total. The molecule has 0 atom stereocenters. The Kier molecular flexibility index (Phi) is 5.79. The first-order valence-electron chi connectivity index (χ1n) is 10.0. The summed E-state index contributed by atoms with van der Waals surface area (Å²) in [7, 11) is -4.50. The highest BCUT2D eigenvalue weighted by Crippen LogP contribution is 2.37. The monoisotopic (exact) mass is 513 g/mol. The van der Waals surface area contributed by atoms with Crippen molar-refractivity contribution in [3.05, 3.63) is 96.0 Å². The molecule has 0 aliphatic carbocycles. The number of fused-ring (bicyclic) bond motifs is 1. The molecular formula is C23H14ClF2N5O3S. The maximum absolute atomic E-state index is 14.9. The quantitative estimate of drug-likeness (QED) is 0.330. The second-order valence-electron chi connectivity index (χ2n) is 7.20. The number of nitrogens with zero attached hydrogens (tertiary/aromatic N) is 4. The van der Waals surface area contributed by atoms with Crippen molar-refractivity contribution >= 4 is 33.2 Å². The average molecular weight is 514 g/mol. The maximum atomic E-state index is 14.9. The second kappa shape index (κ2) is 8.93. The van der Waals surface area contributed by atoms with E-state index in [1.807, 2.05) is 4.72 Å². The Bertz CT molecular complexity index is 1660. The number of rotatable bonds is 6. The highest BCUT2D eigenvalue weighted by molar-refractivity contribution is 7.92. The number of imidazole rings is 1. The fourth-order valence-electron chi connectivity index (χ4n) is 3.40. The van der Waals surface area contributed by atoms with Gasteiger partial charge in [-0.3, -0.25) is 4.40 Å². The van der Waals surface area contributed by atoms with Crippen LogP contribution >= 0.6 is 11.6 Å². The van der Waals surface area contributed by atoms with Gasteiger partial charge in [-0.25, -0.2) is 36.9 Å². The molecule has 3 heterocycles. The van der Waals surface area contributed by atoms with Gasteiger partial charge in [-0.15, -0.1) is 0 Å². The largest absolute Gasteiger partial charge is 0.453 e. The van der Waals surface area contributed by atoms with E-state index in [0.717, 1.165) is 0 Å². The molecule has 2 aromatic carbocycles. The van der Waals surface area contributed by atoms with Crippen LogP contribution in [-0.2, 0) is 10.0 Å². The Morgan fingerprint density at radius 3 is 2.49 bits per heavy atom. The summed E-state index contributed by atoms with van der Waals surface area (Å²) in [4.78, 5) is 10.8. The van der Waals surface area contributed by atoms with E-state index in [1.165, 1.54) is 30.6 Å². The van der Waals surface area contributed by atoms with E-state index in [9.17, 15) is 17.2 Å². The molecule has 3 aromatic heterocycles. The Hall–Kier alpha value is -4.09. The summed E-state index contributed by atoms with van der Waals surface area (Å²) in [5.41, 5.74) is 1.79. The van der Waals surface area contributed by atoms with Crippen molar-refractivity contribution in [2.75, 3.05) is 4.72 Å². The molecule has 0 saturated carbocycles. The number of aromatic nitrogens is 4. The van der Waals surface area contributed by atoms with E-state index in [0.29, 0.717) is 34.1 Å². The summed E-state index contributed by atoms with van der Waals surface area (Å²) in [6.45, 7) is 0. The smallest absolute Gasteiger partial charge is 0.267 e. The lowest BCUT2D eigenvalue weighted by Crippen LogP contribution is -2.16. The Morgan fingerprint density at radius 2 is 1.69 bits per heavy atom. The van der Waals surface area contributed by atoms with Crippen molar-refractivity contribution in [1.82, 2.24) is 19.4 Å². The van der Waals surface area contributed by atoms with Gasteiger partial charge in [0.25, 0.3) is 10.0 Å². The number of pyridine rings is 1. The molecule has 0 unspecified atom stereocenters. The zero-order chi connectivity index (χ0) is 24.6. The number of sulfonamides is 1. The number of benzene rings is 2. The summed E-state index contributed by atoms with van der Waals surface area (Å²) in [6, 6.07) is 12.7. The van der Waals surface area contributed by atoms with Crippen LogP contribution in [0.1, 0.15) is 0 Å². The van der Waals surface area contributed by atoms with Gasteiger partial charge < -0.3 is 4.74 Å². The lowest BCUT2D eigenvalue weighted by Gasteiger charge is -2.15. The van der Waals surface area contributed by atoms with E-state index < -0.39 is 32.3 Å². The van der Waals surface area contributed by atoms with Gasteiger partial charge in [0.15, 0.2) is 11.6 Å². The van der Waals surface area contributed by atoms with Crippen LogP contribution in [-0.4, -0.2) is 27.8 Å². The Balaban J connectivity index is 1.52. The topological polar surface area (TPSA) is 98.5 Å². The number of ether oxygens (including phenoxy) is 1. The highest BCUT2D eigenvalue weighted by Gasteiger charge is 2.24. The maximum Gasteiger partial charge on any atom is 0.267 e. The molecule has 0 fully saturated rings. The van der Waals surface area contributed by atoms with Gasteiger partial charge in [0.1, 0.15) is 22.1 Å². The molecule has 1 N–H and O–H groups in total. The molecule has 0 aliphatic rings. The molecule has 5 aromatic rings. The van der Waals surface area contributed by atoms with Gasteiger partial charge >= 0.3 is 0 Å². The number of nitrogens with one attached hydrogen (secondary N) is 1. The minimum Gasteiger partial charge on any atom is -0.453 e. The summed E-state index contributed by atoms with van der Waals surface area (Å²) < 4.78 is 64.4. The number of halogens is 3. The van der Waals surface area contributed by atoms with E-state index in [1.54, 1.807) is 41.1 Å². The molecule has 0 aliphatic heterocycles. The first-order valence-corrected chi connectivity index (χ1v) is 11.9. The van der Waals surface area contributed by atoms with Crippen LogP contribution in [0.15, 0.2) is 84.3 Å². The van der Waals surface area contributed by atoms with Crippen molar-refractivity contribution in [3.8, 4) is 22.8 Å². The van der Waals surface area contributed by atoms with Crippen LogP contribution in [0.3, 0.4) is 0 Å². The molecule has 0 spiro atoms. The molecule has 5 rings (SSSR count). The summed E-state index contributed by atoms with van der Waals surface area (Å²) in [5.74, 6) is -2.95. The van der Waals surface area contributed by atoms with E-state index in [2.05, 4.69) is 15.0 Å². The van der Waals surface area contributed by atoms with Gasteiger partial charge in [0.05, 0.1) is 5.69 Å². The van der Waals surface area contributed by atoms with Crippen molar-refractivity contribution in [2.45, 2.75) is 4.90 Å². The van der Waals surface area contributed by atoms with Crippen LogP contribution in [0.4, 0.5) is 14.7 Å². The van der Waals surface area contributed by atoms with Crippen molar-refractivity contribution in [1.29, 1.82) is 0 Å².